The highest BCUT2D eigenvalue weighted by molar-refractivity contribution is 5.34. The van der Waals surface area contributed by atoms with Crippen molar-refractivity contribution < 1.29 is 10.2 Å². The highest BCUT2D eigenvalue weighted by Crippen LogP contribution is 2.36. The van der Waals surface area contributed by atoms with Crippen LogP contribution in [0, 0.1) is 0 Å². The molecule has 1 fully saturated rings. The van der Waals surface area contributed by atoms with Gasteiger partial charge in [-0.25, -0.2) is 0 Å². The zero-order valence-corrected chi connectivity index (χ0v) is 12.0. The zero-order valence-electron chi connectivity index (χ0n) is 12.0. The van der Waals surface area contributed by atoms with Crippen LogP contribution in [0.4, 0.5) is 0 Å². The van der Waals surface area contributed by atoms with E-state index in [4.69, 9.17) is 0 Å². The van der Waals surface area contributed by atoms with E-state index in [1.54, 1.807) is 0 Å². The summed E-state index contributed by atoms with van der Waals surface area (Å²) in [4.78, 5) is 1.97. The minimum Gasteiger partial charge on any atom is -0.392 e. The first-order valence-electron chi connectivity index (χ1n) is 7.42. The number of nitrogens with zero attached hydrogens (tertiary/aromatic N) is 1. The van der Waals surface area contributed by atoms with Gasteiger partial charge in [-0.3, -0.25) is 4.90 Å². The van der Waals surface area contributed by atoms with E-state index in [1.165, 1.54) is 11.1 Å². The van der Waals surface area contributed by atoms with Gasteiger partial charge in [-0.05, 0) is 17.5 Å². The van der Waals surface area contributed by atoms with Crippen molar-refractivity contribution in [2.75, 3.05) is 13.3 Å². The Morgan fingerprint density at radius 3 is 1.95 bits per heavy atom. The predicted octanol–water partition coefficient (Wildman–Crippen LogP) is 2.20. The smallest absolute Gasteiger partial charge is 0.0960 e. The monoisotopic (exact) mass is 283 g/mol. The van der Waals surface area contributed by atoms with Gasteiger partial charge in [0.25, 0.3) is 0 Å². The molecule has 0 aliphatic carbocycles. The maximum atomic E-state index is 9.99. The van der Waals surface area contributed by atoms with Crippen molar-refractivity contribution in [1.29, 1.82) is 0 Å². The second-order valence-electron chi connectivity index (χ2n) is 5.67. The predicted molar refractivity (Wildman–Crippen MR) is 82.9 cm³/mol. The van der Waals surface area contributed by atoms with E-state index >= 15 is 0 Å². The van der Waals surface area contributed by atoms with Gasteiger partial charge < -0.3 is 10.2 Å². The van der Waals surface area contributed by atoms with Crippen LogP contribution in [-0.2, 0) is 0 Å². The fourth-order valence-corrected chi connectivity index (χ4v) is 3.38. The molecule has 2 N–H and O–H groups in total. The van der Waals surface area contributed by atoms with Crippen molar-refractivity contribution in [3.8, 4) is 0 Å². The van der Waals surface area contributed by atoms with E-state index in [1.807, 2.05) is 41.3 Å². The van der Waals surface area contributed by atoms with Crippen LogP contribution in [0.25, 0.3) is 0 Å². The molecule has 1 saturated heterocycles. The van der Waals surface area contributed by atoms with E-state index in [0.717, 1.165) is 0 Å². The molecule has 1 heterocycles. The standard InChI is InChI=1S/C18H21NO2/c20-13-19-12-16(21)11-17(19)18(14-7-3-1-4-8-14)15-9-5-2-6-10-15/h1-10,16-18,20-21H,11-13H2. The molecule has 0 radical (unpaired) electrons. The molecule has 3 rings (SSSR count). The quantitative estimate of drug-likeness (QED) is 0.904. The Morgan fingerprint density at radius 1 is 0.952 bits per heavy atom. The van der Waals surface area contributed by atoms with Crippen molar-refractivity contribution in [3.63, 3.8) is 0 Å². The molecule has 110 valence electrons. The lowest BCUT2D eigenvalue weighted by molar-refractivity contribution is 0.0811. The third-order valence-corrected chi connectivity index (χ3v) is 4.31. The third-order valence-electron chi connectivity index (χ3n) is 4.31. The van der Waals surface area contributed by atoms with E-state index in [0.29, 0.717) is 13.0 Å². The molecule has 3 heteroatoms. The third kappa shape index (κ3) is 3.00. The first-order valence-corrected chi connectivity index (χ1v) is 7.42. The summed E-state index contributed by atoms with van der Waals surface area (Å²) in [5.41, 5.74) is 2.45. The molecule has 1 aliphatic rings. The molecule has 2 atom stereocenters. The van der Waals surface area contributed by atoms with E-state index in [2.05, 4.69) is 24.3 Å². The number of rotatable bonds is 4. The Morgan fingerprint density at radius 2 is 1.48 bits per heavy atom. The van der Waals surface area contributed by atoms with Crippen LogP contribution in [-0.4, -0.2) is 40.5 Å². The molecule has 1 aliphatic heterocycles. The average Bonchev–Trinajstić information content (AvgIpc) is 2.90. The first-order chi connectivity index (χ1) is 10.3. The van der Waals surface area contributed by atoms with Crippen molar-refractivity contribution in [1.82, 2.24) is 4.90 Å². The largest absolute Gasteiger partial charge is 0.392 e. The van der Waals surface area contributed by atoms with Gasteiger partial charge in [0.05, 0.1) is 12.8 Å². The molecule has 0 amide bonds. The Balaban J connectivity index is 2.01. The van der Waals surface area contributed by atoms with Crippen molar-refractivity contribution >= 4 is 0 Å². The molecule has 2 unspecified atom stereocenters. The van der Waals surface area contributed by atoms with Gasteiger partial charge in [0, 0.05) is 18.5 Å². The lowest BCUT2D eigenvalue weighted by Crippen LogP contribution is -2.35. The van der Waals surface area contributed by atoms with E-state index in [9.17, 15) is 10.2 Å². The van der Waals surface area contributed by atoms with E-state index in [-0.39, 0.29) is 24.8 Å². The summed E-state index contributed by atoms with van der Waals surface area (Å²) in [5.74, 6) is 0.164. The SMILES string of the molecule is OCN1CC(O)CC1C(c1ccccc1)c1ccccc1. The summed E-state index contributed by atoms with van der Waals surface area (Å²) in [7, 11) is 0. The number of likely N-dealkylation sites (tertiary alicyclic amines) is 1. The number of β-amino-alcohol motifs (C(OH)–C–C–N with tert-alkyl or cyclic N) is 1. The molecule has 0 saturated carbocycles. The highest BCUT2D eigenvalue weighted by Gasteiger charge is 2.37. The maximum absolute atomic E-state index is 9.99. The van der Waals surface area contributed by atoms with Gasteiger partial charge in [0.1, 0.15) is 0 Å². The number of aliphatic hydroxyl groups excluding tert-OH is 2. The van der Waals surface area contributed by atoms with Crippen LogP contribution in [0.1, 0.15) is 23.5 Å². The molecular weight excluding hydrogens is 262 g/mol. The Kier molecular flexibility index (Phi) is 4.34. The van der Waals surface area contributed by atoms with Crippen LogP contribution in [0.15, 0.2) is 60.7 Å². The second-order valence-corrected chi connectivity index (χ2v) is 5.67. The molecule has 3 nitrogen and oxygen atoms in total. The summed E-state index contributed by atoms with van der Waals surface area (Å²) in [6.07, 6.45) is 0.326. The van der Waals surface area contributed by atoms with Gasteiger partial charge in [0.15, 0.2) is 0 Å². The number of hydrogen-bond donors (Lipinski definition) is 2. The molecule has 2 aromatic carbocycles. The molecule has 0 bridgehead atoms. The fourth-order valence-electron chi connectivity index (χ4n) is 3.38. The molecule has 21 heavy (non-hydrogen) atoms. The summed E-state index contributed by atoms with van der Waals surface area (Å²) < 4.78 is 0. The summed E-state index contributed by atoms with van der Waals surface area (Å²) in [6, 6.07) is 20.8. The fraction of sp³-hybridized carbons (Fsp3) is 0.333. The number of aliphatic hydroxyl groups is 2. The lowest BCUT2D eigenvalue weighted by Gasteiger charge is -2.31. The van der Waals surface area contributed by atoms with Crippen molar-refractivity contribution in [2.24, 2.45) is 0 Å². The van der Waals surface area contributed by atoms with Gasteiger partial charge in [-0.1, -0.05) is 60.7 Å². The summed E-state index contributed by atoms with van der Waals surface area (Å²) in [6.45, 7) is 0.523. The van der Waals surface area contributed by atoms with Crippen LogP contribution in [0.5, 0.6) is 0 Å². The molecule has 2 aromatic rings. The van der Waals surface area contributed by atoms with Gasteiger partial charge in [-0.15, -0.1) is 0 Å². The number of hydrogen-bond acceptors (Lipinski definition) is 3. The average molecular weight is 283 g/mol. The van der Waals surface area contributed by atoms with Gasteiger partial charge >= 0.3 is 0 Å². The Labute approximate surface area is 125 Å². The lowest BCUT2D eigenvalue weighted by atomic mass is 9.84. The Hall–Kier alpha value is -1.68. The van der Waals surface area contributed by atoms with Gasteiger partial charge in [0.2, 0.25) is 0 Å². The summed E-state index contributed by atoms with van der Waals surface area (Å²) >= 11 is 0. The zero-order chi connectivity index (χ0) is 14.7. The minimum absolute atomic E-state index is 0.0160. The van der Waals surface area contributed by atoms with Crippen LogP contribution >= 0.6 is 0 Å². The van der Waals surface area contributed by atoms with Crippen molar-refractivity contribution in [3.05, 3.63) is 71.8 Å². The topological polar surface area (TPSA) is 43.7 Å². The first kappa shape index (κ1) is 14.3. The van der Waals surface area contributed by atoms with Crippen molar-refractivity contribution in [2.45, 2.75) is 24.5 Å². The minimum atomic E-state index is -0.364. The van der Waals surface area contributed by atoms with Gasteiger partial charge in [-0.2, -0.15) is 0 Å². The van der Waals surface area contributed by atoms with Crippen LogP contribution in [0.3, 0.4) is 0 Å². The van der Waals surface area contributed by atoms with Crippen LogP contribution < -0.4 is 0 Å². The van der Waals surface area contributed by atoms with Crippen LogP contribution in [0.2, 0.25) is 0 Å². The Bertz CT molecular complexity index is 518. The second kappa shape index (κ2) is 6.39. The van der Waals surface area contributed by atoms with E-state index < -0.39 is 0 Å². The molecular formula is C18H21NO2. The maximum Gasteiger partial charge on any atom is 0.0960 e. The molecule has 0 spiro atoms. The number of benzene rings is 2. The normalized spacial score (nSPS) is 22.8. The summed E-state index contributed by atoms with van der Waals surface area (Å²) in [5, 5.41) is 19.6. The molecule has 0 aromatic heterocycles. The highest BCUT2D eigenvalue weighted by atomic mass is 16.3.